The average molecular weight is 192 g/mol. The molecule has 0 aliphatic rings. The minimum absolute atomic E-state index is 0.653. The molecule has 0 aliphatic carbocycles. The monoisotopic (exact) mass is 192 g/mol. The van der Waals surface area contributed by atoms with Gasteiger partial charge in [-0.25, -0.2) is 0 Å². The number of hydrogen-bond acceptors (Lipinski definition) is 2. The summed E-state index contributed by atoms with van der Waals surface area (Å²) in [6.07, 6.45) is 7.45. The number of nitrogens with zero attached hydrogens (tertiary/aromatic N) is 1. The fourth-order valence-corrected chi connectivity index (χ4v) is 1.56. The number of aromatic nitrogens is 1. The van der Waals surface area contributed by atoms with Crippen LogP contribution in [0.5, 0.6) is 0 Å². The molecule has 0 amide bonds. The smallest absolute Gasteiger partial charge is 0.0312 e. The quantitative estimate of drug-likeness (QED) is 0.749. The largest absolute Gasteiger partial charge is 0.310 e. The molecule has 14 heavy (non-hydrogen) atoms. The van der Waals surface area contributed by atoms with Crippen LogP contribution >= 0.6 is 0 Å². The molecule has 1 aromatic heterocycles. The van der Waals surface area contributed by atoms with Crippen molar-refractivity contribution < 1.29 is 0 Å². The van der Waals surface area contributed by atoms with Crippen LogP contribution in [-0.4, -0.2) is 11.0 Å². The molecule has 1 unspecified atom stereocenters. The van der Waals surface area contributed by atoms with Crippen LogP contribution in [0.25, 0.3) is 0 Å². The standard InChI is InChI=1S/C12H20N2/c1-3-6-12(4-2)14-10-11-7-5-8-13-9-11/h5,7-9,12,14H,3-4,6,10H2,1-2H3. The lowest BCUT2D eigenvalue weighted by Crippen LogP contribution is -2.27. The van der Waals surface area contributed by atoms with Gasteiger partial charge in [0, 0.05) is 25.0 Å². The number of hydrogen-bond donors (Lipinski definition) is 1. The zero-order valence-corrected chi connectivity index (χ0v) is 9.16. The third-order valence-electron chi connectivity index (χ3n) is 2.45. The molecule has 0 aromatic carbocycles. The van der Waals surface area contributed by atoms with E-state index in [2.05, 4.69) is 30.2 Å². The molecular formula is C12H20N2. The summed E-state index contributed by atoms with van der Waals surface area (Å²) in [4.78, 5) is 4.09. The second-order valence-corrected chi connectivity index (χ2v) is 3.64. The van der Waals surface area contributed by atoms with E-state index in [1.165, 1.54) is 24.8 Å². The van der Waals surface area contributed by atoms with Crippen molar-refractivity contribution in [2.45, 2.75) is 45.7 Å². The minimum atomic E-state index is 0.653. The first-order valence-electron chi connectivity index (χ1n) is 5.49. The van der Waals surface area contributed by atoms with E-state index in [4.69, 9.17) is 0 Å². The molecule has 1 rings (SSSR count). The maximum absolute atomic E-state index is 4.09. The van der Waals surface area contributed by atoms with Crippen LogP contribution in [-0.2, 0) is 6.54 Å². The predicted molar refractivity (Wildman–Crippen MR) is 60.1 cm³/mol. The van der Waals surface area contributed by atoms with Gasteiger partial charge in [0.1, 0.15) is 0 Å². The fraction of sp³-hybridized carbons (Fsp3) is 0.583. The van der Waals surface area contributed by atoms with Gasteiger partial charge in [0.05, 0.1) is 0 Å². The van der Waals surface area contributed by atoms with Crippen molar-refractivity contribution in [2.24, 2.45) is 0 Å². The average Bonchev–Trinajstić information content (AvgIpc) is 2.25. The molecule has 0 spiro atoms. The maximum Gasteiger partial charge on any atom is 0.0312 e. The van der Waals surface area contributed by atoms with Gasteiger partial charge in [-0.1, -0.05) is 26.3 Å². The first-order valence-corrected chi connectivity index (χ1v) is 5.49. The van der Waals surface area contributed by atoms with Gasteiger partial charge in [-0.3, -0.25) is 4.98 Å². The summed E-state index contributed by atoms with van der Waals surface area (Å²) in [5.74, 6) is 0. The van der Waals surface area contributed by atoms with Crippen molar-refractivity contribution in [3.8, 4) is 0 Å². The lowest BCUT2D eigenvalue weighted by molar-refractivity contribution is 0.462. The molecule has 0 fully saturated rings. The Kier molecular flexibility index (Phi) is 5.23. The molecule has 78 valence electrons. The Morgan fingerprint density at radius 2 is 2.29 bits per heavy atom. The van der Waals surface area contributed by atoms with Crippen molar-refractivity contribution in [3.05, 3.63) is 30.1 Å². The molecule has 1 heterocycles. The SMILES string of the molecule is CCCC(CC)NCc1cccnc1. The van der Waals surface area contributed by atoms with Crippen LogP contribution in [0.2, 0.25) is 0 Å². The number of pyridine rings is 1. The van der Waals surface area contributed by atoms with Gasteiger partial charge in [-0.15, -0.1) is 0 Å². The van der Waals surface area contributed by atoms with Gasteiger partial charge < -0.3 is 5.32 Å². The number of rotatable bonds is 6. The van der Waals surface area contributed by atoms with E-state index in [-0.39, 0.29) is 0 Å². The van der Waals surface area contributed by atoms with Crippen molar-refractivity contribution in [2.75, 3.05) is 0 Å². The Labute approximate surface area is 86.8 Å². The van der Waals surface area contributed by atoms with Gasteiger partial charge in [0.15, 0.2) is 0 Å². The Morgan fingerprint density at radius 1 is 1.43 bits per heavy atom. The molecule has 1 aromatic rings. The van der Waals surface area contributed by atoms with E-state index in [0.29, 0.717) is 6.04 Å². The van der Waals surface area contributed by atoms with E-state index in [1.807, 2.05) is 18.5 Å². The minimum Gasteiger partial charge on any atom is -0.310 e. The van der Waals surface area contributed by atoms with Crippen LogP contribution in [0.15, 0.2) is 24.5 Å². The molecule has 1 N–H and O–H groups in total. The van der Waals surface area contributed by atoms with E-state index in [0.717, 1.165) is 6.54 Å². The van der Waals surface area contributed by atoms with Gasteiger partial charge in [-0.2, -0.15) is 0 Å². The van der Waals surface area contributed by atoms with Gasteiger partial charge in [-0.05, 0) is 24.5 Å². The fourth-order valence-electron chi connectivity index (χ4n) is 1.56. The summed E-state index contributed by atoms with van der Waals surface area (Å²) in [6, 6.07) is 4.75. The summed E-state index contributed by atoms with van der Waals surface area (Å²) in [7, 11) is 0. The summed E-state index contributed by atoms with van der Waals surface area (Å²) in [5.41, 5.74) is 1.27. The molecule has 2 heteroatoms. The lowest BCUT2D eigenvalue weighted by Gasteiger charge is -2.15. The molecule has 0 bridgehead atoms. The molecule has 2 nitrogen and oxygen atoms in total. The Bertz CT molecular complexity index is 233. The highest BCUT2D eigenvalue weighted by Crippen LogP contribution is 2.03. The van der Waals surface area contributed by atoms with Crippen molar-refractivity contribution >= 4 is 0 Å². The van der Waals surface area contributed by atoms with Crippen LogP contribution in [0.4, 0.5) is 0 Å². The second kappa shape index (κ2) is 6.55. The zero-order chi connectivity index (χ0) is 10.2. The molecular weight excluding hydrogens is 172 g/mol. The van der Waals surface area contributed by atoms with Crippen molar-refractivity contribution in [1.82, 2.24) is 10.3 Å². The van der Waals surface area contributed by atoms with Crippen LogP contribution in [0.3, 0.4) is 0 Å². The van der Waals surface area contributed by atoms with Crippen LogP contribution < -0.4 is 5.32 Å². The third-order valence-corrected chi connectivity index (χ3v) is 2.45. The highest BCUT2D eigenvalue weighted by Gasteiger charge is 2.03. The summed E-state index contributed by atoms with van der Waals surface area (Å²) in [5, 5.41) is 3.55. The predicted octanol–water partition coefficient (Wildman–Crippen LogP) is 2.75. The Balaban J connectivity index is 2.32. The third kappa shape index (κ3) is 3.88. The van der Waals surface area contributed by atoms with Gasteiger partial charge in [0.25, 0.3) is 0 Å². The van der Waals surface area contributed by atoms with E-state index < -0.39 is 0 Å². The highest BCUT2D eigenvalue weighted by atomic mass is 14.9. The zero-order valence-electron chi connectivity index (χ0n) is 9.16. The Hall–Kier alpha value is -0.890. The van der Waals surface area contributed by atoms with Gasteiger partial charge in [0.2, 0.25) is 0 Å². The Morgan fingerprint density at radius 3 is 2.86 bits per heavy atom. The summed E-state index contributed by atoms with van der Waals surface area (Å²) < 4.78 is 0. The molecule has 0 saturated carbocycles. The van der Waals surface area contributed by atoms with E-state index in [9.17, 15) is 0 Å². The summed E-state index contributed by atoms with van der Waals surface area (Å²) >= 11 is 0. The van der Waals surface area contributed by atoms with Crippen LogP contribution in [0, 0.1) is 0 Å². The normalized spacial score (nSPS) is 12.7. The summed E-state index contributed by atoms with van der Waals surface area (Å²) in [6.45, 7) is 5.40. The maximum atomic E-state index is 4.09. The highest BCUT2D eigenvalue weighted by molar-refractivity contribution is 5.07. The molecule has 0 radical (unpaired) electrons. The molecule has 0 aliphatic heterocycles. The molecule has 0 saturated heterocycles. The first kappa shape index (κ1) is 11.2. The lowest BCUT2D eigenvalue weighted by atomic mass is 10.1. The van der Waals surface area contributed by atoms with E-state index in [1.54, 1.807) is 0 Å². The number of nitrogens with one attached hydrogen (secondary N) is 1. The van der Waals surface area contributed by atoms with Gasteiger partial charge >= 0.3 is 0 Å². The van der Waals surface area contributed by atoms with Crippen LogP contribution in [0.1, 0.15) is 38.7 Å². The topological polar surface area (TPSA) is 24.9 Å². The second-order valence-electron chi connectivity index (χ2n) is 3.64. The van der Waals surface area contributed by atoms with E-state index >= 15 is 0 Å². The first-order chi connectivity index (χ1) is 6.86. The van der Waals surface area contributed by atoms with Crippen molar-refractivity contribution in [1.29, 1.82) is 0 Å². The molecule has 1 atom stereocenters. The van der Waals surface area contributed by atoms with Crippen molar-refractivity contribution in [3.63, 3.8) is 0 Å².